The van der Waals surface area contributed by atoms with Crippen molar-refractivity contribution in [2.45, 2.75) is 51.6 Å². The highest BCUT2D eigenvalue weighted by Crippen LogP contribution is 2.44. The van der Waals surface area contributed by atoms with Crippen molar-refractivity contribution < 1.29 is 21.5 Å². The van der Waals surface area contributed by atoms with Gasteiger partial charge in [0.25, 0.3) is 0 Å². The van der Waals surface area contributed by atoms with E-state index in [1.807, 2.05) is 22.7 Å². The van der Waals surface area contributed by atoms with Crippen LogP contribution in [-0.2, 0) is 0 Å². The molecule has 2 atom stereocenters. The molecule has 2 saturated heterocycles. The molecule has 2 aromatic heterocycles. The molecule has 136 valence electrons. The lowest BCUT2D eigenvalue weighted by molar-refractivity contribution is -0.931. The minimum Gasteiger partial charge on any atom is -1.00 e. The first-order valence-corrected chi connectivity index (χ1v) is 11.0. The molecule has 2 unspecified atom stereocenters. The minimum atomic E-state index is 0. The van der Waals surface area contributed by atoms with Crippen molar-refractivity contribution in [1.82, 2.24) is 0 Å². The fourth-order valence-electron chi connectivity index (χ4n) is 4.89. The third kappa shape index (κ3) is 3.43. The number of fused-ring (bicyclic) bond motifs is 2. The standard InChI is InChI=1S/C21H28NS2.BrH/c1-14-10-23-12-20(14)19(21-13-24-11-15(21)2)9-16-7-17-5-6-18(8-16)22(17,3)4;/h9-13,16-18H,5-8H2,1-4H3;1H/q+1;/p-1. The number of aryl methyl sites for hydroxylation is 2. The highest BCUT2D eigenvalue weighted by Gasteiger charge is 2.48. The van der Waals surface area contributed by atoms with Gasteiger partial charge in [-0.2, -0.15) is 22.7 Å². The SMILES string of the molecule is Cc1cscc1C(=CC1CC2CCC(C1)[N+]2(C)C)c1cscc1C.[Br-]. The minimum absolute atomic E-state index is 0. The molecule has 2 fully saturated rings. The second-order valence-corrected chi connectivity index (χ2v) is 9.75. The maximum atomic E-state index is 2.63. The fourth-order valence-corrected chi connectivity index (χ4v) is 6.59. The lowest BCUT2D eigenvalue weighted by Gasteiger charge is -2.44. The molecule has 0 amide bonds. The molecule has 2 aliphatic rings. The largest absolute Gasteiger partial charge is 1.00 e. The summed E-state index contributed by atoms with van der Waals surface area (Å²) in [6.07, 6.45) is 8.20. The van der Waals surface area contributed by atoms with Crippen LogP contribution in [0.2, 0.25) is 0 Å². The van der Waals surface area contributed by atoms with Crippen LogP contribution in [0.4, 0.5) is 0 Å². The van der Waals surface area contributed by atoms with E-state index in [4.69, 9.17) is 0 Å². The van der Waals surface area contributed by atoms with E-state index < -0.39 is 0 Å². The van der Waals surface area contributed by atoms with Crippen LogP contribution >= 0.6 is 22.7 Å². The summed E-state index contributed by atoms with van der Waals surface area (Å²) in [4.78, 5) is 0. The van der Waals surface area contributed by atoms with Crippen LogP contribution in [0.1, 0.15) is 47.9 Å². The third-order valence-corrected chi connectivity index (χ3v) is 8.28. The summed E-state index contributed by atoms with van der Waals surface area (Å²) in [5.41, 5.74) is 7.24. The van der Waals surface area contributed by atoms with Crippen molar-refractivity contribution in [3.05, 3.63) is 49.9 Å². The number of thiophene rings is 2. The molecule has 2 aliphatic heterocycles. The van der Waals surface area contributed by atoms with Gasteiger partial charge in [0.2, 0.25) is 0 Å². The summed E-state index contributed by atoms with van der Waals surface area (Å²) in [5, 5.41) is 9.26. The molecule has 0 N–H and O–H groups in total. The molecule has 4 rings (SSSR count). The van der Waals surface area contributed by atoms with Gasteiger partial charge in [-0.1, -0.05) is 6.08 Å². The van der Waals surface area contributed by atoms with E-state index in [9.17, 15) is 0 Å². The third-order valence-electron chi connectivity index (χ3n) is 6.56. The van der Waals surface area contributed by atoms with Crippen molar-refractivity contribution in [3.8, 4) is 0 Å². The summed E-state index contributed by atoms with van der Waals surface area (Å²) in [7, 11) is 4.91. The normalized spacial score (nSPS) is 27.0. The zero-order valence-electron chi connectivity index (χ0n) is 15.6. The van der Waals surface area contributed by atoms with E-state index >= 15 is 0 Å². The summed E-state index contributed by atoms with van der Waals surface area (Å²) >= 11 is 3.66. The van der Waals surface area contributed by atoms with Crippen LogP contribution in [0.25, 0.3) is 5.57 Å². The Labute approximate surface area is 170 Å². The quantitative estimate of drug-likeness (QED) is 0.647. The number of allylic oxidation sites excluding steroid dienone is 1. The van der Waals surface area contributed by atoms with E-state index in [0.717, 1.165) is 18.0 Å². The summed E-state index contributed by atoms with van der Waals surface area (Å²) in [5.74, 6) is 0.738. The van der Waals surface area contributed by atoms with Crippen LogP contribution in [0.15, 0.2) is 27.6 Å². The zero-order valence-corrected chi connectivity index (χ0v) is 18.8. The fraction of sp³-hybridized carbons (Fsp3) is 0.524. The number of piperidine rings is 1. The van der Waals surface area contributed by atoms with Gasteiger partial charge in [-0.3, -0.25) is 0 Å². The monoisotopic (exact) mass is 437 g/mol. The summed E-state index contributed by atoms with van der Waals surface area (Å²) in [6.45, 7) is 4.51. The van der Waals surface area contributed by atoms with E-state index in [0.29, 0.717) is 0 Å². The lowest BCUT2D eigenvalue weighted by atomic mass is 9.85. The Kier molecular flexibility index (Phi) is 5.65. The van der Waals surface area contributed by atoms with E-state index in [1.165, 1.54) is 58.0 Å². The predicted molar refractivity (Wildman–Crippen MR) is 107 cm³/mol. The lowest BCUT2D eigenvalue weighted by Crippen LogP contribution is -3.00. The first-order chi connectivity index (χ1) is 11.5. The summed E-state index contributed by atoms with van der Waals surface area (Å²) in [6, 6.07) is 1.72. The Morgan fingerprint density at radius 3 is 1.80 bits per heavy atom. The molecule has 2 bridgehead atoms. The Balaban J connectivity index is 0.00000182. The number of nitrogens with zero attached hydrogens (tertiary/aromatic N) is 1. The van der Waals surface area contributed by atoms with Gasteiger partial charge in [-0.05, 0) is 69.1 Å². The van der Waals surface area contributed by atoms with Gasteiger partial charge in [-0.25, -0.2) is 0 Å². The van der Waals surface area contributed by atoms with E-state index in [-0.39, 0.29) is 17.0 Å². The molecular formula is C21H28BrNS2. The molecule has 0 saturated carbocycles. The van der Waals surface area contributed by atoms with E-state index in [1.54, 1.807) is 0 Å². The number of quaternary nitrogens is 1. The molecule has 2 aromatic rings. The molecule has 0 aliphatic carbocycles. The van der Waals surface area contributed by atoms with Crippen molar-refractivity contribution in [2.75, 3.05) is 14.1 Å². The first-order valence-electron chi connectivity index (χ1n) is 9.08. The molecule has 25 heavy (non-hydrogen) atoms. The van der Waals surface area contributed by atoms with Crippen molar-refractivity contribution in [2.24, 2.45) is 5.92 Å². The zero-order chi connectivity index (χ0) is 16.9. The van der Waals surface area contributed by atoms with Crippen LogP contribution in [0, 0.1) is 19.8 Å². The van der Waals surface area contributed by atoms with Gasteiger partial charge >= 0.3 is 0 Å². The molecule has 0 aromatic carbocycles. The Hall–Kier alpha value is -0.420. The Morgan fingerprint density at radius 1 is 0.920 bits per heavy atom. The van der Waals surface area contributed by atoms with Gasteiger partial charge < -0.3 is 21.5 Å². The number of hydrogen-bond acceptors (Lipinski definition) is 2. The average Bonchev–Trinajstić information content (AvgIpc) is 3.15. The molecule has 4 heterocycles. The second kappa shape index (κ2) is 7.30. The van der Waals surface area contributed by atoms with Gasteiger partial charge in [0.05, 0.1) is 26.2 Å². The number of halogens is 1. The maximum Gasteiger partial charge on any atom is 0.0896 e. The Bertz CT molecular complexity index is 712. The van der Waals surface area contributed by atoms with E-state index in [2.05, 4.69) is 55.5 Å². The Morgan fingerprint density at radius 2 is 1.40 bits per heavy atom. The highest BCUT2D eigenvalue weighted by molar-refractivity contribution is 7.08. The predicted octanol–water partition coefficient (Wildman–Crippen LogP) is 2.88. The first kappa shape index (κ1) is 19.3. The number of hydrogen-bond donors (Lipinski definition) is 0. The molecule has 4 heteroatoms. The average molecular weight is 439 g/mol. The van der Waals surface area contributed by atoms with Gasteiger partial charge in [0.1, 0.15) is 0 Å². The number of rotatable bonds is 3. The molecule has 0 spiro atoms. The molecular weight excluding hydrogens is 410 g/mol. The van der Waals surface area contributed by atoms with Crippen LogP contribution in [0.3, 0.4) is 0 Å². The summed E-state index contributed by atoms with van der Waals surface area (Å²) < 4.78 is 1.26. The molecule has 0 radical (unpaired) electrons. The van der Waals surface area contributed by atoms with Crippen LogP contribution in [-0.4, -0.2) is 30.7 Å². The van der Waals surface area contributed by atoms with Gasteiger partial charge in [0, 0.05) is 25.7 Å². The topological polar surface area (TPSA) is 0 Å². The van der Waals surface area contributed by atoms with Gasteiger partial charge in [-0.15, -0.1) is 0 Å². The highest BCUT2D eigenvalue weighted by atomic mass is 79.9. The smallest absolute Gasteiger partial charge is 0.0896 e. The van der Waals surface area contributed by atoms with Crippen molar-refractivity contribution >= 4 is 28.2 Å². The van der Waals surface area contributed by atoms with Crippen LogP contribution < -0.4 is 17.0 Å². The van der Waals surface area contributed by atoms with Crippen molar-refractivity contribution in [3.63, 3.8) is 0 Å². The second-order valence-electron chi connectivity index (χ2n) is 8.26. The maximum absolute atomic E-state index is 2.63. The van der Waals surface area contributed by atoms with Crippen LogP contribution in [0.5, 0.6) is 0 Å². The van der Waals surface area contributed by atoms with Gasteiger partial charge in [0.15, 0.2) is 0 Å². The van der Waals surface area contributed by atoms with Crippen molar-refractivity contribution in [1.29, 1.82) is 0 Å². The molecule has 1 nitrogen and oxygen atoms in total.